The Labute approximate surface area is 150 Å². The molecule has 0 N–H and O–H groups in total. The average molecular weight is 376 g/mol. The summed E-state index contributed by atoms with van der Waals surface area (Å²) < 4.78 is 44.6. The molecule has 0 saturated heterocycles. The van der Waals surface area contributed by atoms with E-state index in [1.807, 2.05) is 6.92 Å². The smallest absolute Gasteiger partial charge is 0.416 e. The van der Waals surface area contributed by atoms with Crippen LogP contribution in [-0.4, -0.2) is 23.1 Å². The predicted molar refractivity (Wildman–Crippen MR) is 91.2 cm³/mol. The third kappa shape index (κ3) is 5.14. The number of carbonyl (C=O) groups excluding carboxylic acids is 1. The normalized spacial score (nSPS) is 18.8. The number of halogens is 4. The summed E-state index contributed by atoms with van der Waals surface area (Å²) in [4.78, 5) is 13.9. The highest BCUT2D eigenvalue weighted by Crippen LogP contribution is 2.36. The maximum Gasteiger partial charge on any atom is 0.416 e. The van der Waals surface area contributed by atoms with E-state index in [4.69, 9.17) is 16.3 Å². The van der Waals surface area contributed by atoms with Crippen molar-refractivity contribution in [3.8, 4) is 0 Å². The van der Waals surface area contributed by atoms with Gasteiger partial charge in [-0.05, 0) is 51.3 Å². The van der Waals surface area contributed by atoms with Crippen LogP contribution >= 0.6 is 11.6 Å². The Kier molecular flexibility index (Phi) is 5.42. The van der Waals surface area contributed by atoms with Crippen molar-refractivity contribution in [3.63, 3.8) is 0 Å². The highest BCUT2D eigenvalue weighted by atomic mass is 35.5. The molecule has 0 bridgehead atoms. The number of rotatable bonds is 1. The monoisotopic (exact) mass is 375 g/mol. The van der Waals surface area contributed by atoms with E-state index in [0.717, 1.165) is 12.1 Å². The molecule has 1 heterocycles. The maximum atomic E-state index is 13.1. The average Bonchev–Trinajstić information content (AvgIpc) is 2.43. The van der Waals surface area contributed by atoms with E-state index in [-0.39, 0.29) is 16.5 Å². The zero-order valence-corrected chi connectivity index (χ0v) is 15.3. The molecule has 0 spiro atoms. The summed E-state index contributed by atoms with van der Waals surface area (Å²) in [5.41, 5.74) is -0.912. The molecule has 1 aliphatic heterocycles. The van der Waals surface area contributed by atoms with Crippen LogP contribution in [0.2, 0.25) is 5.02 Å². The van der Waals surface area contributed by atoms with Crippen LogP contribution in [0.15, 0.2) is 24.3 Å². The van der Waals surface area contributed by atoms with Crippen molar-refractivity contribution in [3.05, 3.63) is 40.4 Å². The van der Waals surface area contributed by atoms with Crippen LogP contribution in [0.25, 0.3) is 5.70 Å². The molecule has 3 nitrogen and oxygen atoms in total. The highest BCUT2D eigenvalue weighted by molar-refractivity contribution is 6.30. The Bertz CT molecular complexity index is 693. The molecule has 0 radical (unpaired) electrons. The van der Waals surface area contributed by atoms with Gasteiger partial charge in [-0.2, -0.15) is 13.2 Å². The van der Waals surface area contributed by atoms with Crippen molar-refractivity contribution in [2.24, 2.45) is 5.92 Å². The minimum atomic E-state index is -4.51. The van der Waals surface area contributed by atoms with E-state index in [1.54, 1.807) is 26.8 Å². The Morgan fingerprint density at radius 3 is 2.44 bits per heavy atom. The SMILES string of the molecule is CC1CC=C(c2cc(Cl)cc(C(F)(F)F)c2)N(C(=O)OC(C)(C)C)C1. The number of carbonyl (C=O) groups is 1. The van der Waals surface area contributed by atoms with Crippen LogP contribution in [0, 0.1) is 5.92 Å². The molecule has 0 aromatic heterocycles. The molecule has 0 aliphatic carbocycles. The van der Waals surface area contributed by atoms with E-state index in [1.165, 1.54) is 11.0 Å². The van der Waals surface area contributed by atoms with Crippen LogP contribution in [0.5, 0.6) is 0 Å². The van der Waals surface area contributed by atoms with Crippen LogP contribution in [-0.2, 0) is 10.9 Å². The summed E-state index contributed by atoms with van der Waals surface area (Å²) in [5, 5.41) is -0.0338. The number of hydrogen-bond donors (Lipinski definition) is 0. The van der Waals surface area contributed by atoms with Crippen molar-refractivity contribution in [2.75, 3.05) is 6.54 Å². The van der Waals surface area contributed by atoms with Gasteiger partial charge in [0.05, 0.1) is 11.3 Å². The third-order valence-electron chi connectivity index (χ3n) is 3.63. The number of nitrogens with zero attached hydrogens (tertiary/aromatic N) is 1. The molecule has 1 unspecified atom stereocenters. The molecule has 0 saturated carbocycles. The molecule has 7 heteroatoms. The maximum absolute atomic E-state index is 13.1. The van der Waals surface area contributed by atoms with Gasteiger partial charge >= 0.3 is 12.3 Å². The fraction of sp³-hybridized carbons (Fsp3) is 0.500. The minimum Gasteiger partial charge on any atom is -0.443 e. The molecule has 25 heavy (non-hydrogen) atoms. The standard InChI is InChI=1S/C18H21ClF3NO2/c1-11-5-6-15(23(10-11)16(24)25-17(2,3)4)12-7-13(18(20,21)22)9-14(19)8-12/h6-9,11H,5,10H2,1-4H3. The lowest BCUT2D eigenvalue weighted by Crippen LogP contribution is -2.39. The second kappa shape index (κ2) is 6.90. The van der Waals surface area contributed by atoms with E-state index >= 15 is 0 Å². The van der Waals surface area contributed by atoms with E-state index in [0.29, 0.717) is 18.7 Å². The summed E-state index contributed by atoms with van der Waals surface area (Å²) in [6.07, 6.45) is -2.69. The summed E-state index contributed by atoms with van der Waals surface area (Å²) in [6.45, 7) is 7.55. The van der Waals surface area contributed by atoms with E-state index < -0.39 is 23.4 Å². The van der Waals surface area contributed by atoms with Gasteiger partial charge in [0.15, 0.2) is 0 Å². The summed E-state index contributed by atoms with van der Waals surface area (Å²) in [6, 6.07) is 3.30. The second-order valence-corrected chi connectivity index (χ2v) is 7.68. The van der Waals surface area contributed by atoms with Gasteiger partial charge in [-0.1, -0.05) is 24.6 Å². The van der Waals surface area contributed by atoms with E-state index in [2.05, 4.69) is 0 Å². The van der Waals surface area contributed by atoms with Gasteiger partial charge in [-0.15, -0.1) is 0 Å². The van der Waals surface area contributed by atoms with Crippen molar-refractivity contribution >= 4 is 23.4 Å². The van der Waals surface area contributed by atoms with Crippen LogP contribution in [0.4, 0.5) is 18.0 Å². The Morgan fingerprint density at radius 2 is 1.88 bits per heavy atom. The topological polar surface area (TPSA) is 29.5 Å². The number of alkyl halides is 3. The van der Waals surface area contributed by atoms with Gasteiger partial charge in [0, 0.05) is 17.1 Å². The van der Waals surface area contributed by atoms with Gasteiger partial charge in [0.25, 0.3) is 0 Å². The molecule has 1 amide bonds. The Morgan fingerprint density at radius 1 is 1.24 bits per heavy atom. The molecule has 138 valence electrons. The Balaban J connectivity index is 2.44. The van der Waals surface area contributed by atoms with Crippen LogP contribution in [0.3, 0.4) is 0 Å². The molecule has 0 fully saturated rings. The van der Waals surface area contributed by atoms with Crippen molar-refractivity contribution < 1.29 is 22.7 Å². The lowest BCUT2D eigenvalue weighted by molar-refractivity contribution is -0.137. The molecular weight excluding hydrogens is 355 g/mol. The number of amides is 1. The second-order valence-electron chi connectivity index (χ2n) is 7.25. The van der Waals surface area contributed by atoms with Crippen LogP contribution < -0.4 is 0 Å². The number of ether oxygens (including phenoxy) is 1. The number of benzene rings is 1. The zero-order chi connectivity index (χ0) is 19.0. The first-order valence-electron chi connectivity index (χ1n) is 7.95. The first-order valence-corrected chi connectivity index (χ1v) is 8.33. The molecule has 1 atom stereocenters. The molecule has 1 aliphatic rings. The molecule has 1 aromatic carbocycles. The lowest BCUT2D eigenvalue weighted by Gasteiger charge is -2.34. The predicted octanol–water partition coefficient (Wildman–Crippen LogP) is 5.98. The van der Waals surface area contributed by atoms with Crippen LogP contribution in [0.1, 0.15) is 45.2 Å². The summed E-state index contributed by atoms with van der Waals surface area (Å²) in [5.74, 6) is 0.178. The minimum absolute atomic E-state index is 0.0338. The highest BCUT2D eigenvalue weighted by Gasteiger charge is 2.33. The first-order chi connectivity index (χ1) is 11.4. The van der Waals surface area contributed by atoms with Gasteiger partial charge in [0.1, 0.15) is 5.60 Å². The fourth-order valence-corrected chi connectivity index (χ4v) is 2.81. The third-order valence-corrected chi connectivity index (χ3v) is 3.85. The van der Waals surface area contributed by atoms with E-state index in [9.17, 15) is 18.0 Å². The van der Waals surface area contributed by atoms with Gasteiger partial charge in [-0.3, -0.25) is 4.90 Å². The molecular formula is C18H21ClF3NO2. The molecule has 1 aromatic rings. The van der Waals surface area contributed by atoms with Gasteiger partial charge in [-0.25, -0.2) is 4.79 Å². The zero-order valence-electron chi connectivity index (χ0n) is 14.6. The van der Waals surface area contributed by atoms with Gasteiger partial charge < -0.3 is 4.74 Å². The summed E-state index contributed by atoms with van der Waals surface area (Å²) >= 11 is 5.88. The van der Waals surface area contributed by atoms with Gasteiger partial charge in [0.2, 0.25) is 0 Å². The Hall–Kier alpha value is -1.69. The number of hydrogen-bond acceptors (Lipinski definition) is 2. The lowest BCUT2D eigenvalue weighted by atomic mass is 9.97. The van der Waals surface area contributed by atoms with Crippen molar-refractivity contribution in [2.45, 2.75) is 45.9 Å². The molecule has 2 rings (SSSR count). The fourth-order valence-electron chi connectivity index (χ4n) is 2.57. The largest absolute Gasteiger partial charge is 0.443 e. The summed E-state index contributed by atoms with van der Waals surface area (Å²) in [7, 11) is 0. The quantitative estimate of drug-likeness (QED) is 0.604. The van der Waals surface area contributed by atoms with Crippen molar-refractivity contribution in [1.82, 2.24) is 4.90 Å². The first kappa shape index (κ1) is 19.6. The number of allylic oxidation sites excluding steroid dienone is 1. The van der Waals surface area contributed by atoms with Crippen molar-refractivity contribution in [1.29, 1.82) is 0 Å².